The summed E-state index contributed by atoms with van der Waals surface area (Å²) < 4.78 is 0. The van der Waals surface area contributed by atoms with Crippen molar-refractivity contribution in [3.05, 3.63) is 73.0 Å². The lowest BCUT2D eigenvalue weighted by atomic mass is 9.98. The first-order chi connectivity index (χ1) is 14.2. The van der Waals surface area contributed by atoms with Crippen LogP contribution in [0.25, 0.3) is 0 Å². The highest BCUT2D eigenvalue weighted by Gasteiger charge is 2.23. The number of quaternary nitrogens is 1. The summed E-state index contributed by atoms with van der Waals surface area (Å²) in [7, 11) is 0. The Hall–Kier alpha value is -1.54. The van der Waals surface area contributed by atoms with Crippen molar-refractivity contribution < 1.29 is 25.1 Å². The van der Waals surface area contributed by atoms with Gasteiger partial charge in [-0.05, 0) is 41.8 Å². The standard InChI is InChI=1S/2C10H9Cl2NO2.CH3/c2*11-7-3-5-4-13-2-1-6(5)9(12)8(7)10(14)15;/h2*3,13H,1-2,4H2,(H,14,15);1H3/q;;-1/p+1. The van der Waals surface area contributed by atoms with Crippen molar-refractivity contribution in [2.75, 3.05) is 13.1 Å². The van der Waals surface area contributed by atoms with Gasteiger partial charge in [0, 0.05) is 18.5 Å². The molecule has 0 saturated carbocycles. The molecule has 168 valence electrons. The first-order valence-corrected chi connectivity index (χ1v) is 10.7. The quantitative estimate of drug-likeness (QED) is 0.458. The zero-order chi connectivity index (χ0) is 22.0. The summed E-state index contributed by atoms with van der Waals surface area (Å²) in [6.45, 7) is 3.25. The average molecular weight is 508 g/mol. The van der Waals surface area contributed by atoms with Gasteiger partial charge in [0.15, 0.2) is 0 Å². The number of rotatable bonds is 2. The number of nitrogens with one attached hydrogen (secondary N) is 1. The second-order valence-electron chi connectivity index (χ2n) is 6.94. The first kappa shape index (κ1) is 25.7. The minimum atomic E-state index is -1.08. The monoisotopic (exact) mass is 506 g/mol. The maximum absolute atomic E-state index is 11.0. The third-order valence-corrected chi connectivity index (χ3v) is 6.51. The Balaban J connectivity index is 0.000000213. The molecule has 0 aliphatic carbocycles. The van der Waals surface area contributed by atoms with Gasteiger partial charge < -0.3 is 28.3 Å². The SMILES string of the molecule is O=C(O)c1c(Cl)cc2c(c1Cl)CCNC2.O=C(O)c1c(Cl)cc2c(c1Cl)CC[NH2+]C2.[CH3-]. The summed E-state index contributed by atoms with van der Waals surface area (Å²) in [5.41, 5.74) is 3.90. The van der Waals surface area contributed by atoms with E-state index in [-0.39, 0.29) is 33.6 Å². The Labute approximate surface area is 200 Å². The lowest BCUT2D eigenvalue weighted by Gasteiger charge is -2.20. The molecule has 0 amide bonds. The topological polar surface area (TPSA) is 103 Å². The molecule has 2 aromatic rings. The number of aromatic carboxylic acids is 2. The smallest absolute Gasteiger partial charge is 0.338 e. The van der Waals surface area contributed by atoms with Gasteiger partial charge in [0.25, 0.3) is 0 Å². The summed E-state index contributed by atoms with van der Waals surface area (Å²) in [6, 6.07) is 3.39. The van der Waals surface area contributed by atoms with E-state index in [9.17, 15) is 9.59 Å². The van der Waals surface area contributed by atoms with Crippen LogP contribution in [0.1, 0.15) is 43.0 Å². The number of benzene rings is 2. The van der Waals surface area contributed by atoms with Crippen LogP contribution < -0.4 is 10.6 Å². The lowest BCUT2D eigenvalue weighted by molar-refractivity contribution is -0.673. The summed E-state index contributed by atoms with van der Waals surface area (Å²) in [4.78, 5) is 21.9. The van der Waals surface area contributed by atoms with Gasteiger partial charge in [-0.1, -0.05) is 46.4 Å². The fourth-order valence-corrected chi connectivity index (χ4v) is 5.14. The second kappa shape index (κ2) is 10.9. The Kier molecular flexibility index (Phi) is 9.01. The Morgan fingerprint density at radius 1 is 0.871 bits per heavy atom. The van der Waals surface area contributed by atoms with Crippen molar-refractivity contribution in [1.29, 1.82) is 0 Å². The fourth-order valence-electron chi connectivity index (χ4n) is 3.63. The molecule has 0 unspecified atom stereocenters. The lowest BCUT2D eigenvalue weighted by Crippen LogP contribution is -2.84. The van der Waals surface area contributed by atoms with Crippen LogP contribution in [0.4, 0.5) is 0 Å². The van der Waals surface area contributed by atoms with E-state index >= 15 is 0 Å². The molecule has 2 heterocycles. The van der Waals surface area contributed by atoms with Gasteiger partial charge >= 0.3 is 11.9 Å². The third kappa shape index (κ3) is 5.45. The molecule has 0 radical (unpaired) electrons. The van der Waals surface area contributed by atoms with E-state index in [0.29, 0.717) is 11.6 Å². The number of carboxylic acid groups (broad SMARTS) is 2. The number of carbonyl (C=O) groups is 2. The number of nitrogens with two attached hydrogens (primary N) is 1. The number of halogens is 4. The van der Waals surface area contributed by atoms with Crippen molar-refractivity contribution in [3.63, 3.8) is 0 Å². The highest BCUT2D eigenvalue weighted by molar-refractivity contribution is 6.40. The van der Waals surface area contributed by atoms with Crippen LogP contribution in [-0.4, -0.2) is 35.2 Å². The molecule has 0 aromatic heterocycles. The van der Waals surface area contributed by atoms with E-state index in [0.717, 1.165) is 54.7 Å². The zero-order valence-corrected chi connectivity index (χ0v) is 19.7. The highest BCUT2D eigenvalue weighted by Crippen LogP contribution is 2.33. The molecular weight excluding hydrogens is 486 g/mol. The van der Waals surface area contributed by atoms with E-state index in [2.05, 4.69) is 10.6 Å². The maximum Gasteiger partial charge on any atom is 0.338 e. The summed E-state index contributed by atoms with van der Waals surface area (Å²) >= 11 is 23.8. The number of fused-ring (bicyclic) bond motifs is 2. The molecule has 0 fully saturated rings. The minimum absolute atomic E-state index is 0. The van der Waals surface area contributed by atoms with Crippen LogP contribution in [0.2, 0.25) is 20.1 Å². The number of hydrogen-bond acceptors (Lipinski definition) is 3. The van der Waals surface area contributed by atoms with Crippen molar-refractivity contribution in [2.45, 2.75) is 25.9 Å². The number of hydrogen-bond donors (Lipinski definition) is 4. The van der Waals surface area contributed by atoms with Crippen molar-refractivity contribution in [1.82, 2.24) is 5.32 Å². The Bertz CT molecular complexity index is 946. The van der Waals surface area contributed by atoms with E-state index in [1.165, 1.54) is 0 Å². The van der Waals surface area contributed by atoms with E-state index in [4.69, 9.17) is 56.6 Å². The van der Waals surface area contributed by atoms with Gasteiger partial charge in [-0.2, -0.15) is 0 Å². The van der Waals surface area contributed by atoms with Crippen molar-refractivity contribution >= 4 is 58.3 Å². The Morgan fingerprint density at radius 2 is 1.39 bits per heavy atom. The zero-order valence-electron chi connectivity index (χ0n) is 16.7. The molecule has 31 heavy (non-hydrogen) atoms. The van der Waals surface area contributed by atoms with E-state index < -0.39 is 11.9 Å². The van der Waals surface area contributed by atoms with E-state index in [1.807, 2.05) is 0 Å². The summed E-state index contributed by atoms with van der Waals surface area (Å²) in [5.74, 6) is -2.14. The minimum Gasteiger partial charge on any atom is -0.478 e. The predicted octanol–water partition coefficient (Wildman–Crippen LogP) is 4.10. The summed E-state index contributed by atoms with van der Waals surface area (Å²) in [6.07, 6.45) is 1.54. The van der Waals surface area contributed by atoms with Crippen molar-refractivity contribution in [2.24, 2.45) is 0 Å². The van der Waals surface area contributed by atoms with Crippen LogP contribution in [0.5, 0.6) is 0 Å². The van der Waals surface area contributed by atoms with Gasteiger partial charge in [-0.3, -0.25) is 0 Å². The van der Waals surface area contributed by atoms with Crippen LogP contribution >= 0.6 is 46.4 Å². The van der Waals surface area contributed by atoms with E-state index in [1.54, 1.807) is 12.1 Å². The summed E-state index contributed by atoms with van der Waals surface area (Å²) in [5, 5.41) is 24.3. The normalized spacial score (nSPS) is 14.3. The molecule has 0 bridgehead atoms. The van der Waals surface area contributed by atoms with Crippen LogP contribution in [0.3, 0.4) is 0 Å². The second-order valence-corrected chi connectivity index (χ2v) is 8.51. The highest BCUT2D eigenvalue weighted by atomic mass is 35.5. The molecule has 5 N–H and O–H groups in total. The molecule has 0 saturated heterocycles. The third-order valence-electron chi connectivity index (χ3n) is 5.08. The number of carboxylic acids is 2. The Morgan fingerprint density at radius 3 is 1.94 bits per heavy atom. The first-order valence-electron chi connectivity index (χ1n) is 9.20. The van der Waals surface area contributed by atoms with Crippen LogP contribution in [-0.2, 0) is 25.9 Å². The van der Waals surface area contributed by atoms with Gasteiger partial charge in [0.05, 0.1) is 37.8 Å². The van der Waals surface area contributed by atoms with Gasteiger partial charge in [-0.25, -0.2) is 9.59 Å². The van der Waals surface area contributed by atoms with Gasteiger partial charge in [0.2, 0.25) is 0 Å². The fraction of sp³-hybridized carbons (Fsp3) is 0.286. The molecular formula is C21H22Cl4N2O4. The van der Waals surface area contributed by atoms with Crippen LogP contribution in [0.15, 0.2) is 12.1 Å². The van der Waals surface area contributed by atoms with Crippen molar-refractivity contribution in [3.8, 4) is 0 Å². The molecule has 0 spiro atoms. The predicted molar refractivity (Wildman–Crippen MR) is 123 cm³/mol. The molecule has 0 atom stereocenters. The molecule has 2 aromatic carbocycles. The molecule has 2 aliphatic rings. The average Bonchev–Trinajstić information content (AvgIpc) is 2.68. The maximum atomic E-state index is 11.0. The molecule has 6 nitrogen and oxygen atoms in total. The van der Waals surface area contributed by atoms with Gasteiger partial charge in [-0.15, -0.1) is 0 Å². The molecule has 2 aliphatic heterocycles. The van der Waals surface area contributed by atoms with Crippen LogP contribution in [0, 0.1) is 7.43 Å². The molecule has 10 heteroatoms. The molecule has 4 rings (SSSR count). The largest absolute Gasteiger partial charge is 0.478 e. The van der Waals surface area contributed by atoms with Gasteiger partial charge in [0.1, 0.15) is 6.54 Å².